The van der Waals surface area contributed by atoms with E-state index >= 15 is 0 Å². The molecule has 2 heterocycles. The standard InChI is InChI=1S/C21H25NO6/c1-12(23)22-17-18(24)19-16(11-25-21(2,3)28-19)27-20(17)26-15-10-6-8-13-7-4-5-9-14(13)15/h4-10,16-20,24H,11H2,1-3H3,(H,22,23)/t16-,17-,18-,19+,20+/m1/s1. The lowest BCUT2D eigenvalue weighted by molar-refractivity contribution is -0.361. The van der Waals surface area contributed by atoms with Gasteiger partial charge in [0.15, 0.2) is 5.79 Å². The predicted octanol–water partition coefficient (Wildman–Crippen LogP) is 1.96. The molecule has 1 amide bonds. The molecule has 2 aliphatic heterocycles. The quantitative estimate of drug-likeness (QED) is 0.837. The molecule has 2 N–H and O–H groups in total. The summed E-state index contributed by atoms with van der Waals surface area (Å²) in [7, 11) is 0. The third kappa shape index (κ3) is 3.71. The summed E-state index contributed by atoms with van der Waals surface area (Å²) in [5, 5.41) is 15.6. The highest BCUT2D eigenvalue weighted by atomic mass is 16.8. The van der Waals surface area contributed by atoms with Crippen molar-refractivity contribution in [2.24, 2.45) is 0 Å². The summed E-state index contributed by atoms with van der Waals surface area (Å²) in [6, 6.07) is 12.8. The van der Waals surface area contributed by atoms with E-state index in [0.717, 1.165) is 10.8 Å². The molecular weight excluding hydrogens is 362 g/mol. The Labute approximate surface area is 163 Å². The molecule has 5 atom stereocenters. The van der Waals surface area contributed by atoms with E-state index in [9.17, 15) is 9.90 Å². The Morgan fingerprint density at radius 1 is 1.21 bits per heavy atom. The fourth-order valence-corrected chi connectivity index (χ4v) is 3.76. The first-order valence-electron chi connectivity index (χ1n) is 9.41. The summed E-state index contributed by atoms with van der Waals surface area (Å²) in [6.07, 6.45) is -3.04. The topological polar surface area (TPSA) is 86.3 Å². The van der Waals surface area contributed by atoms with Gasteiger partial charge in [0.05, 0.1) is 6.61 Å². The Bertz CT molecular complexity index is 864. The molecule has 2 saturated heterocycles. The van der Waals surface area contributed by atoms with Crippen molar-refractivity contribution < 1.29 is 28.8 Å². The van der Waals surface area contributed by atoms with Gasteiger partial charge in [-0.25, -0.2) is 0 Å². The average Bonchev–Trinajstić information content (AvgIpc) is 2.65. The van der Waals surface area contributed by atoms with E-state index < -0.39 is 36.4 Å². The van der Waals surface area contributed by atoms with Gasteiger partial charge in [-0.05, 0) is 25.3 Å². The van der Waals surface area contributed by atoms with E-state index in [1.807, 2.05) is 42.5 Å². The zero-order valence-corrected chi connectivity index (χ0v) is 16.1. The van der Waals surface area contributed by atoms with E-state index in [2.05, 4.69) is 5.32 Å². The second-order valence-corrected chi connectivity index (χ2v) is 7.65. The molecule has 7 nitrogen and oxygen atoms in total. The maximum absolute atomic E-state index is 11.8. The van der Waals surface area contributed by atoms with Crippen LogP contribution < -0.4 is 10.1 Å². The molecule has 2 aromatic carbocycles. The van der Waals surface area contributed by atoms with Crippen molar-refractivity contribution in [2.75, 3.05) is 6.61 Å². The van der Waals surface area contributed by atoms with Gasteiger partial charge in [-0.2, -0.15) is 0 Å². The first kappa shape index (κ1) is 19.1. The maximum atomic E-state index is 11.8. The minimum absolute atomic E-state index is 0.261. The molecule has 0 radical (unpaired) electrons. The monoisotopic (exact) mass is 387 g/mol. The molecule has 0 bridgehead atoms. The van der Waals surface area contributed by atoms with Gasteiger partial charge in [-0.1, -0.05) is 36.4 Å². The van der Waals surface area contributed by atoms with Gasteiger partial charge in [0, 0.05) is 12.3 Å². The predicted molar refractivity (Wildman–Crippen MR) is 102 cm³/mol. The first-order valence-corrected chi connectivity index (χ1v) is 9.41. The van der Waals surface area contributed by atoms with E-state index in [0.29, 0.717) is 5.75 Å². The van der Waals surface area contributed by atoms with Crippen LogP contribution in [0.4, 0.5) is 0 Å². The Kier molecular flexibility index (Phi) is 5.01. The van der Waals surface area contributed by atoms with Gasteiger partial charge in [0.1, 0.15) is 30.1 Å². The molecule has 0 spiro atoms. The number of ether oxygens (including phenoxy) is 4. The molecule has 2 aromatic rings. The number of amides is 1. The third-order valence-corrected chi connectivity index (χ3v) is 5.05. The number of rotatable bonds is 3. The average molecular weight is 387 g/mol. The Hall–Kier alpha value is -2.19. The molecule has 7 heteroatoms. The largest absolute Gasteiger partial charge is 0.462 e. The fraction of sp³-hybridized carbons (Fsp3) is 0.476. The highest BCUT2D eigenvalue weighted by Gasteiger charge is 2.52. The summed E-state index contributed by atoms with van der Waals surface area (Å²) in [4.78, 5) is 11.8. The molecular formula is C21H25NO6. The summed E-state index contributed by atoms with van der Waals surface area (Å²) >= 11 is 0. The summed E-state index contributed by atoms with van der Waals surface area (Å²) in [5.74, 6) is -0.513. The second-order valence-electron chi connectivity index (χ2n) is 7.65. The smallest absolute Gasteiger partial charge is 0.223 e. The summed E-state index contributed by atoms with van der Waals surface area (Å²) in [5.41, 5.74) is 0. The highest BCUT2D eigenvalue weighted by Crippen LogP contribution is 2.34. The molecule has 0 unspecified atom stereocenters. The summed E-state index contributed by atoms with van der Waals surface area (Å²) < 4.78 is 23.8. The van der Waals surface area contributed by atoms with Gasteiger partial charge in [-0.15, -0.1) is 0 Å². The number of aliphatic hydroxyl groups excluding tert-OH is 1. The van der Waals surface area contributed by atoms with Crippen LogP contribution in [0.2, 0.25) is 0 Å². The van der Waals surface area contributed by atoms with Crippen molar-refractivity contribution in [1.82, 2.24) is 5.32 Å². The van der Waals surface area contributed by atoms with Crippen LogP contribution in [0.1, 0.15) is 20.8 Å². The van der Waals surface area contributed by atoms with E-state index in [1.54, 1.807) is 13.8 Å². The number of hydrogen-bond donors (Lipinski definition) is 2. The van der Waals surface area contributed by atoms with E-state index in [-0.39, 0.29) is 12.5 Å². The molecule has 0 saturated carbocycles. The lowest BCUT2D eigenvalue weighted by Gasteiger charge is -2.49. The zero-order chi connectivity index (χ0) is 19.9. The van der Waals surface area contributed by atoms with Crippen LogP contribution in [0.3, 0.4) is 0 Å². The summed E-state index contributed by atoms with van der Waals surface area (Å²) in [6.45, 7) is 5.21. The third-order valence-electron chi connectivity index (χ3n) is 5.05. The van der Waals surface area contributed by atoms with Crippen LogP contribution in [-0.2, 0) is 19.0 Å². The molecule has 150 valence electrons. The van der Waals surface area contributed by atoms with E-state index in [4.69, 9.17) is 18.9 Å². The fourth-order valence-electron chi connectivity index (χ4n) is 3.76. The van der Waals surface area contributed by atoms with Crippen LogP contribution >= 0.6 is 0 Å². The van der Waals surface area contributed by atoms with Gasteiger partial charge < -0.3 is 29.4 Å². The molecule has 28 heavy (non-hydrogen) atoms. The van der Waals surface area contributed by atoms with Gasteiger partial charge >= 0.3 is 0 Å². The van der Waals surface area contributed by atoms with Crippen LogP contribution in [0.15, 0.2) is 42.5 Å². The van der Waals surface area contributed by atoms with Crippen LogP contribution in [0.5, 0.6) is 5.75 Å². The van der Waals surface area contributed by atoms with Crippen molar-refractivity contribution in [3.8, 4) is 5.75 Å². The second kappa shape index (κ2) is 7.33. The van der Waals surface area contributed by atoms with Crippen LogP contribution in [0, 0.1) is 0 Å². The lowest BCUT2D eigenvalue weighted by Crippen LogP contribution is -2.69. The van der Waals surface area contributed by atoms with Crippen molar-refractivity contribution in [1.29, 1.82) is 0 Å². The SMILES string of the molecule is CC(=O)N[C@H]1[C@@H](Oc2cccc3ccccc23)O[C@@H]2COC(C)(C)O[C@@H]2[C@@H]1O. The Morgan fingerprint density at radius 3 is 2.75 bits per heavy atom. The Balaban J connectivity index is 1.63. The normalized spacial score (nSPS) is 31.8. The van der Waals surface area contributed by atoms with Crippen molar-refractivity contribution in [3.63, 3.8) is 0 Å². The Morgan fingerprint density at radius 2 is 1.96 bits per heavy atom. The van der Waals surface area contributed by atoms with Gasteiger partial charge in [-0.3, -0.25) is 4.79 Å². The van der Waals surface area contributed by atoms with Crippen LogP contribution in [0.25, 0.3) is 10.8 Å². The number of carbonyl (C=O) groups is 1. The number of aliphatic hydroxyl groups is 1. The van der Waals surface area contributed by atoms with Gasteiger partial charge in [0.25, 0.3) is 0 Å². The number of carbonyl (C=O) groups excluding carboxylic acids is 1. The van der Waals surface area contributed by atoms with Crippen molar-refractivity contribution >= 4 is 16.7 Å². The minimum Gasteiger partial charge on any atom is -0.462 e. The molecule has 0 aromatic heterocycles. The minimum atomic E-state index is -1.01. The van der Waals surface area contributed by atoms with Crippen molar-refractivity contribution in [2.45, 2.75) is 57.2 Å². The zero-order valence-electron chi connectivity index (χ0n) is 16.1. The maximum Gasteiger partial charge on any atom is 0.223 e. The molecule has 0 aliphatic carbocycles. The van der Waals surface area contributed by atoms with Gasteiger partial charge in [0.2, 0.25) is 12.2 Å². The number of hydrogen-bond acceptors (Lipinski definition) is 6. The van der Waals surface area contributed by atoms with E-state index in [1.165, 1.54) is 6.92 Å². The number of fused-ring (bicyclic) bond motifs is 2. The molecule has 2 fully saturated rings. The molecule has 4 rings (SSSR count). The van der Waals surface area contributed by atoms with Crippen molar-refractivity contribution in [3.05, 3.63) is 42.5 Å². The molecule has 2 aliphatic rings. The number of nitrogens with one attached hydrogen (secondary N) is 1. The van der Waals surface area contributed by atoms with Crippen LogP contribution in [-0.4, -0.2) is 54.1 Å². The lowest BCUT2D eigenvalue weighted by atomic mass is 9.95. The number of benzene rings is 2. The highest BCUT2D eigenvalue weighted by molar-refractivity contribution is 5.88. The first-order chi connectivity index (χ1) is 13.3.